The Labute approximate surface area is 190 Å². The quantitative estimate of drug-likeness (QED) is 0.442. The maximum Gasteiger partial charge on any atom is 0.233 e. The second-order valence-electron chi connectivity index (χ2n) is 9.33. The minimum absolute atomic E-state index is 0.254. The van der Waals surface area contributed by atoms with E-state index in [2.05, 4.69) is 30.9 Å². The highest BCUT2D eigenvalue weighted by molar-refractivity contribution is 5.56. The normalized spacial score (nSPS) is 22.2. The van der Waals surface area contributed by atoms with Gasteiger partial charge in [0, 0.05) is 17.8 Å². The summed E-state index contributed by atoms with van der Waals surface area (Å²) in [5, 5.41) is 10.2. The van der Waals surface area contributed by atoms with Crippen LogP contribution in [-0.4, -0.2) is 33.6 Å². The molecule has 1 aromatic heterocycles. The molecule has 2 aliphatic carbocycles. The van der Waals surface area contributed by atoms with Crippen molar-refractivity contribution < 1.29 is 4.39 Å². The van der Waals surface area contributed by atoms with Crippen molar-refractivity contribution >= 4 is 23.5 Å². The predicted octanol–water partition coefficient (Wildman–Crippen LogP) is 5.13. The average Bonchev–Trinajstić information content (AvgIpc) is 3.05. The van der Waals surface area contributed by atoms with Crippen LogP contribution in [0.5, 0.6) is 0 Å². The maximum absolute atomic E-state index is 14.0. The highest BCUT2D eigenvalue weighted by atomic mass is 19.1. The second kappa shape index (κ2) is 10.9. The summed E-state index contributed by atoms with van der Waals surface area (Å²) in [6.45, 7) is 2.51. The topological polar surface area (TPSA) is 101 Å². The minimum Gasteiger partial charge on any atom is -0.351 e. The van der Waals surface area contributed by atoms with Crippen LogP contribution in [0.3, 0.4) is 0 Å². The first-order valence-corrected chi connectivity index (χ1v) is 12.1. The summed E-state index contributed by atoms with van der Waals surface area (Å²) in [4.78, 5) is 13.9. The molecule has 0 bridgehead atoms. The van der Waals surface area contributed by atoms with Gasteiger partial charge in [-0.05, 0) is 75.6 Å². The Hall–Kier alpha value is -2.48. The van der Waals surface area contributed by atoms with Crippen molar-refractivity contribution in [3.8, 4) is 0 Å². The second-order valence-corrected chi connectivity index (χ2v) is 9.33. The van der Waals surface area contributed by atoms with Gasteiger partial charge in [-0.3, -0.25) is 0 Å². The third-order valence-electron chi connectivity index (χ3n) is 6.77. The molecular weight excluding hydrogens is 405 g/mol. The third kappa shape index (κ3) is 6.28. The van der Waals surface area contributed by atoms with Crippen LogP contribution < -0.4 is 21.7 Å². The molecule has 32 heavy (non-hydrogen) atoms. The van der Waals surface area contributed by atoms with E-state index in [1.807, 2.05) is 6.07 Å². The summed E-state index contributed by atoms with van der Waals surface area (Å²) in [6.07, 6.45) is 11.7. The first-order valence-electron chi connectivity index (χ1n) is 12.1. The fourth-order valence-electron chi connectivity index (χ4n) is 4.69. The molecule has 1 heterocycles. The minimum atomic E-state index is -0.254. The fourth-order valence-corrected chi connectivity index (χ4v) is 4.69. The van der Waals surface area contributed by atoms with Crippen molar-refractivity contribution in [2.75, 3.05) is 22.5 Å². The zero-order valence-corrected chi connectivity index (χ0v) is 19.0. The highest BCUT2D eigenvalue weighted by Crippen LogP contribution is 2.27. The molecule has 0 spiro atoms. The van der Waals surface area contributed by atoms with E-state index in [0.717, 1.165) is 45.1 Å². The van der Waals surface area contributed by atoms with Gasteiger partial charge in [0.25, 0.3) is 0 Å². The molecule has 0 amide bonds. The number of nitrogens with two attached hydrogens (primary N) is 1. The van der Waals surface area contributed by atoms with Crippen LogP contribution in [0.15, 0.2) is 18.2 Å². The predicted molar refractivity (Wildman–Crippen MR) is 128 cm³/mol. The van der Waals surface area contributed by atoms with Crippen LogP contribution in [0.25, 0.3) is 0 Å². The summed E-state index contributed by atoms with van der Waals surface area (Å²) in [5.74, 6) is 1.91. The van der Waals surface area contributed by atoms with Gasteiger partial charge in [-0.15, -0.1) is 0 Å². The molecule has 0 unspecified atom stereocenters. The smallest absolute Gasteiger partial charge is 0.233 e. The molecule has 0 saturated heterocycles. The van der Waals surface area contributed by atoms with E-state index in [1.165, 1.54) is 31.7 Å². The van der Waals surface area contributed by atoms with Gasteiger partial charge in [-0.25, -0.2) is 4.39 Å². The van der Waals surface area contributed by atoms with Gasteiger partial charge in [-0.2, -0.15) is 15.0 Å². The monoisotopic (exact) mass is 441 g/mol. The van der Waals surface area contributed by atoms with Crippen molar-refractivity contribution in [2.45, 2.75) is 83.2 Å². The number of benzene rings is 1. The molecule has 0 aliphatic heterocycles. The van der Waals surface area contributed by atoms with E-state index in [4.69, 9.17) is 5.73 Å². The molecule has 2 aliphatic rings. The van der Waals surface area contributed by atoms with Crippen LogP contribution in [0.2, 0.25) is 0 Å². The zero-order chi connectivity index (χ0) is 22.3. The summed E-state index contributed by atoms with van der Waals surface area (Å²) in [6, 6.07) is 5.76. The third-order valence-corrected chi connectivity index (χ3v) is 6.77. The lowest BCUT2D eigenvalue weighted by Gasteiger charge is -2.28. The van der Waals surface area contributed by atoms with Crippen molar-refractivity contribution in [3.63, 3.8) is 0 Å². The molecule has 1 aromatic carbocycles. The first-order chi connectivity index (χ1) is 15.6. The number of nitrogens with one attached hydrogen (secondary N) is 3. The molecule has 0 radical (unpaired) electrons. The first kappa shape index (κ1) is 22.7. The van der Waals surface area contributed by atoms with Crippen molar-refractivity contribution in [1.82, 2.24) is 15.0 Å². The van der Waals surface area contributed by atoms with Gasteiger partial charge in [0.1, 0.15) is 5.82 Å². The Balaban J connectivity index is 1.52. The van der Waals surface area contributed by atoms with Gasteiger partial charge in [0.05, 0.1) is 0 Å². The lowest BCUT2D eigenvalue weighted by atomic mass is 9.86. The van der Waals surface area contributed by atoms with Gasteiger partial charge in [-0.1, -0.05) is 31.7 Å². The van der Waals surface area contributed by atoms with E-state index in [0.29, 0.717) is 47.1 Å². The van der Waals surface area contributed by atoms with E-state index in [9.17, 15) is 4.39 Å². The van der Waals surface area contributed by atoms with E-state index in [1.54, 1.807) is 13.0 Å². The van der Waals surface area contributed by atoms with Gasteiger partial charge in [0.15, 0.2) is 0 Å². The average molecular weight is 442 g/mol. The number of hydrogen-bond donors (Lipinski definition) is 4. The van der Waals surface area contributed by atoms with Crippen molar-refractivity contribution in [3.05, 3.63) is 29.6 Å². The van der Waals surface area contributed by atoms with Crippen LogP contribution in [0.4, 0.5) is 27.9 Å². The Morgan fingerprint density at radius 1 is 0.844 bits per heavy atom. The summed E-state index contributed by atoms with van der Waals surface area (Å²) >= 11 is 0. The number of rotatable bonds is 7. The molecule has 0 atom stereocenters. The van der Waals surface area contributed by atoms with Crippen LogP contribution in [-0.2, 0) is 0 Å². The lowest BCUT2D eigenvalue weighted by molar-refractivity contribution is 0.344. The number of nitrogens with zero attached hydrogens (tertiary/aromatic N) is 3. The number of aryl methyl sites for hydroxylation is 1. The van der Waals surface area contributed by atoms with E-state index >= 15 is 0 Å². The maximum atomic E-state index is 14.0. The summed E-state index contributed by atoms with van der Waals surface area (Å²) < 4.78 is 14.0. The van der Waals surface area contributed by atoms with E-state index in [-0.39, 0.29) is 5.82 Å². The highest BCUT2D eigenvalue weighted by Gasteiger charge is 2.22. The van der Waals surface area contributed by atoms with Crippen molar-refractivity contribution in [2.24, 2.45) is 11.7 Å². The number of aromatic nitrogens is 3. The molecule has 8 heteroatoms. The Morgan fingerprint density at radius 3 is 2.03 bits per heavy atom. The van der Waals surface area contributed by atoms with Crippen molar-refractivity contribution in [1.29, 1.82) is 0 Å². The molecule has 2 aromatic rings. The zero-order valence-electron chi connectivity index (χ0n) is 19.0. The van der Waals surface area contributed by atoms with Gasteiger partial charge in [0.2, 0.25) is 17.8 Å². The lowest BCUT2D eigenvalue weighted by Crippen LogP contribution is -2.30. The summed E-state index contributed by atoms with van der Waals surface area (Å²) in [5.41, 5.74) is 7.07. The molecule has 2 saturated carbocycles. The van der Waals surface area contributed by atoms with Crippen LogP contribution in [0, 0.1) is 18.7 Å². The molecule has 2 fully saturated rings. The fraction of sp³-hybridized carbons (Fsp3) is 0.625. The summed E-state index contributed by atoms with van der Waals surface area (Å²) in [7, 11) is 0. The van der Waals surface area contributed by atoms with Gasteiger partial charge >= 0.3 is 0 Å². The molecule has 174 valence electrons. The number of anilines is 4. The largest absolute Gasteiger partial charge is 0.351 e. The number of hydrogen-bond acceptors (Lipinski definition) is 7. The molecule has 5 N–H and O–H groups in total. The molecule has 7 nitrogen and oxygen atoms in total. The number of halogens is 1. The molecular formula is C24H36FN7. The SMILES string of the molecule is Cc1ccc(Nc2nc(NC3CCCCCC3)nc(NC3CCC(CN)CC3)n2)cc1F. The standard InChI is InChI=1S/C24H36FN7/c1-16-8-11-20(14-21(16)25)29-24-31-22(27-18-6-4-2-3-5-7-18)30-23(32-24)28-19-12-9-17(15-26)10-13-19/h8,11,14,17-19H,2-7,9-10,12-13,15,26H2,1H3,(H3,27,28,29,30,31,32). The van der Waals surface area contributed by atoms with E-state index < -0.39 is 0 Å². The van der Waals surface area contributed by atoms with Gasteiger partial charge < -0.3 is 21.7 Å². The Kier molecular flexibility index (Phi) is 7.73. The van der Waals surface area contributed by atoms with Crippen LogP contribution in [0.1, 0.15) is 69.8 Å². The molecule has 4 rings (SSSR count). The Morgan fingerprint density at radius 2 is 1.44 bits per heavy atom. The Bertz CT molecular complexity index is 875. The van der Waals surface area contributed by atoms with Crippen LogP contribution >= 0.6 is 0 Å².